The zero-order valence-electron chi connectivity index (χ0n) is 17.2. The second-order valence-corrected chi connectivity index (χ2v) is 9.08. The van der Waals surface area contributed by atoms with Gasteiger partial charge in [-0.2, -0.15) is 4.98 Å². The molecule has 0 spiro atoms. The van der Waals surface area contributed by atoms with Crippen molar-refractivity contribution in [3.63, 3.8) is 0 Å². The molecule has 9 heteroatoms. The van der Waals surface area contributed by atoms with Crippen LogP contribution in [0.2, 0.25) is 0 Å². The highest BCUT2D eigenvalue weighted by Crippen LogP contribution is 2.23. The van der Waals surface area contributed by atoms with E-state index in [1.165, 1.54) is 35.6 Å². The number of anilines is 1. The van der Waals surface area contributed by atoms with Gasteiger partial charge in [-0.3, -0.25) is 4.31 Å². The van der Waals surface area contributed by atoms with Gasteiger partial charge in [-0.05, 0) is 37.3 Å². The highest BCUT2D eigenvalue weighted by molar-refractivity contribution is 7.92. The molecule has 0 bridgehead atoms. The van der Waals surface area contributed by atoms with Crippen LogP contribution in [0.15, 0.2) is 57.9 Å². The Morgan fingerprint density at radius 1 is 1.17 bits per heavy atom. The number of carbonyl (C=O) groups is 1. The summed E-state index contributed by atoms with van der Waals surface area (Å²) in [7, 11) is -2.38. The van der Waals surface area contributed by atoms with E-state index in [9.17, 15) is 13.2 Å². The highest BCUT2D eigenvalue weighted by atomic mass is 32.2. The molecule has 0 saturated heterocycles. The van der Waals surface area contributed by atoms with Crippen molar-refractivity contribution in [3.8, 4) is 0 Å². The molecule has 1 aromatic heterocycles. The summed E-state index contributed by atoms with van der Waals surface area (Å²) < 4.78 is 37.4. The molecule has 0 aliphatic rings. The molecule has 0 unspecified atom stereocenters. The van der Waals surface area contributed by atoms with E-state index in [2.05, 4.69) is 10.1 Å². The molecule has 0 aliphatic carbocycles. The number of carbonyl (C=O) groups excluding carboxylic acids is 1. The number of aromatic nitrogens is 2. The third kappa shape index (κ3) is 4.68. The summed E-state index contributed by atoms with van der Waals surface area (Å²) >= 11 is 0. The van der Waals surface area contributed by atoms with Crippen LogP contribution < -0.4 is 4.31 Å². The van der Waals surface area contributed by atoms with E-state index in [4.69, 9.17) is 9.26 Å². The van der Waals surface area contributed by atoms with Crippen molar-refractivity contribution in [1.29, 1.82) is 0 Å². The summed E-state index contributed by atoms with van der Waals surface area (Å²) in [6.45, 7) is 5.56. The van der Waals surface area contributed by atoms with Crippen molar-refractivity contribution >= 4 is 21.7 Å². The number of rotatable bonds is 7. The summed E-state index contributed by atoms with van der Waals surface area (Å²) in [5.41, 5.74) is 1.65. The zero-order chi connectivity index (χ0) is 21.9. The second-order valence-electron chi connectivity index (χ2n) is 7.11. The molecular weight excluding hydrogens is 406 g/mol. The fraction of sp³-hybridized carbons (Fsp3) is 0.286. The van der Waals surface area contributed by atoms with Crippen molar-refractivity contribution in [1.82, 2.24) is 10.1 Å². The molecule has 3 rings (SSSR count). The van der Waals surface area contributed by atoms with Crippen LogP contribution in [0, 0.1) is 6.92 Å². The average molecular weight is 429 g/mol. The molecule has 1 heterocycles. The lowest BCUT2D eigenvalue weighted by molar-refractivity contribution is 0.0429. The zero-order valence-corrected chi connectivity index (χ0v) is 18.0. The van der Waals surface area contributed by atoms with E-state index in [-0.39, 0.29) is 28.9 Å². The van der Waals surface area contributed by atoms with Crippen molar-refractivity contribution in [3.05, 3.63) is 71.4 Å². The molecule has 8 nitrogen and oxygen atoms in total. The Morgan fingerprint density at radius 2 is 1.87 bits per heavy atom. The minimum Gasteiger partial charge on any atom is -0.452 e. The molecule has 0 radical (unpaired) electrons. The Kier molecular flexibility index (Phi) is 6.21. The predicted molar refractivity (Wildman–Crippen MR) is 111 cm³/mol. The van der Waals surface area contributed by atoms with Gasteiger partial charge in [0.15, 0.2) is 12.4 Å². The van der Waals surface area contributed by atoms with Crippen molar-refractivity contribution in [2.45, 2.75) is 38.2 Å². The Bertz CT molecular complexity index is 1140. The highest BCUT2D eigenvalue weighted by Gasteiger charge is 2.23. The van der Waals surface area contributed by atoms with Crippen molar-refractivity contribution < 1.29 is 22.5 Å². The van der Waals surface area contributed by atoms with Gasteiger partial charge in [-0.15, -0.1) is 0 Å². The van der Waals surface area contributed by atoms with Gasteiger partial charge in [0.1, 0.15) is 0 Å². The first-order valence-corrected chi connectivity index (χ1v) is 10.8. The fourth-order valence-electron chi connectivity index (χ4n) is 2.61. The van der Waals surface area contributed by atoms with Crippen LogP contribution in [0.3, 0.4) is 0 Å². The van der Waals surface area contributed by atoms with E-state index in [1.807, 2.05) is 32.9 Å². The van der Waals surface area contributed by atoms with Gasteiger partial charge < -0.3 is 9.26 Å². The molecule has 0 amide bonds. The second kappa shape index (κ2) is 8.66. The lowest BCUT2D eigenvalue weighted by Gasteiger charge is -2.20. The third-order valence-corrected chi connectivity index (χ3v) is 6.23. The first-order chi connectivity index (χ1) is 14.2. The van der Waals surface area contributed by atoms with Crippen LogP contribution >= 0.6 is 0 Å². The van der Waals surface area contributed by atoms with Crippen LogP contribution in [-0.2, 0) is 21.4 Å². The average Bonchev–Trinajstić information content (AvgIpc) is 3.21. The number of ether oxygens (including phenoxy) is 1. The Balaban J connectivity index is 1.75. The fourth-order valence-corrected chi connectivity index (χ4v) is 3.85. The number of benzene rings is 2. The monoisotopic (exact) mass is 429 g/mol. The topological polar surface area (TPSA) is 103 Å². The van der Waals surface area contributed by atoms with Gasteiger partial charge in [-0.25, -0.2) is 13.2 Å². The standard InChI is InChI=1S/C21H23N3O5S/c1-14(2)20-22-19(29-23-20)13-28-21(25)16-6-5-7-18(12-16)30(26,27)24(4)17-10-8-15(3)9-11-17/h5-12,14H,13H2,1-4H3. The van der Waals surface area contributed by atoms with Crippen molar-refractivity contribution in [2.75, 3.05) is 11.4 Å². The number of hydrogen-bond acceptors (Lipinski definition) is 7. The maximum Gasteiger partial charge on any atom is 0.338 e. The maximum atomic E-state index is 13.0. The first-order valence-electron chi connectivity index (χ1n) is 9.33. The molecular formula is C21H23N3O5S. The van der Waals surface area contributed by atoms with Crippen LogP contribution in [0.4, 0.5) is 5.69 Å². The van der Waals surface area contributed by atoms with Crippen LogP contribution in [-0.4, -0.2) is 31.6 Å². The Hall–Kier alpha value is -3.20. The number of nitrogens with zero attached hydrogens (tertiary/aromatic N) is 3. The Morgan fingerprint density at radius 3 is 2.50 bits per heavy atom. The van der Waals surface area contributed by atoms with E-state index in [1.54, 1.807) is 12.1 Å². The Labute approximate surface area is 175 Å². The summed E-state index contributed by atoms with van der Waals surface area (Å²) in [6.07, 6.45) is 0. The number of sulfonamides is 1. The summed E-state index contributed by atoms with van der Waals surface area (Å²) in [4.78, 5) is 16.5. The van der Waals surface area contributed by atoms with E-state index >= 15 is 0 Å². The number of esters is 1. The van der Waals surface area contributed by atoms with E-state index in [0.717, 1.165) is 5.56 Å². The lowest BCUT2D eigenvalue weighted by atomic mass is 10.2. The summed E-state index contributed by atoms with van der Waals surface area (Å²) in [6, 6.07) is 12.8. The summed E-state index contributed by atoms with van der Waals surface area (Å²) in [5.74, 6) is 0.100. The van der Waals surface area contributed by atoms with Gasteiger partial charge in [-0.1, -0.05) is 42.8 Å². The summed E-state index contributed by atoms with van der Waals surface area (Å²) in [5, 5.41) is 3.80. The van der Waals surface area contributed by atoms with Gasteiger partial charge in [0, 0.05) is 13.0 Å². The quantitative estimate of drug-likeness (QED) is 0.528. The van der Waals surface area contributed by atoms with E-state index < -0.39 is 16.0 Å². The minimum absolute atomic E-state index is 0.0140. The molecule has 3 aromatic rings. The largest absolute Gasteiger partial charge is 0.452 e. The normalized spacial score (nSPS) is 11.5. The van der Waals surface area contributed by atoms with Crippen LogP contribution in [0.5, 0.6) is 0 Å². The molecule has 0 N–H and O–H groups in total. The molecule has 158 valence electrons. The molecule has 0 saturated carbocycles. The minimum atomic E-state index is -3.85. The van der Waals surface area contributed by atoms with Crippen LogP contribution in [0.1, 0.15) is 47.4 Å². The van der Waals surface area contributed by atoms with Crippen LogP contribution in [0.25, 0.3) is 0 Å². The molecule has 0 fully saturated rings. The van der Waals surface area contributed by atoms with Gasteiger partial charge in [0.2, 0.25) is 0 Å². The first kappa shape index (κ1) is 21.5. The molecule has 2 aromatic carbocycles. The third-order valence-electron chi connectivity index (χ3n) is 4.45. The van der Waals surface area contributed by atoms with Gasteiger partial charge in [0.25, 0.3) is 15.9 Å². The number of hydrogen-bond donors (Lipinski definition) is 0. The SMILES string of the molecule is Cc1ccc(N(C)S(=O)(=O)c2cccc(C(=O)OCc3nc(C(C)C)no3)c2)cc1. The lowest BCUT2D eigenvalue weighted by Crippen LogP contribution is -2.26. The smallest absolute Gasteiger partial charge is 0.338 e. The van der Waals surface area contributed by atoms with Gasteiger partial charge in [0.05, 0.1) is 16.1 Å². The van der Waals surface area contributed by atoms with E-state index in [0.29, 0.717) is 11.5 Å². The number of aryl methyl sites for hydroxylation is 1. The molecule has 0 atom stereocenters. The maximum absolute atomic E-state index is 13.0. The predicted octanol–water partition coefficient (Wildman–Crippen LogP) is 3.68. The van der Waals surface area contributed by atoms with Crippen molar-refractivity contribution in [2.24, 2.45) is 0 Å². The van der Waals surface area contributed by atoms with Gasteiger partial charge >= 0.3 is 5.97 Å². The molecule has 30 heavy (non-hydrogen) atoms. The molecule has 0 aliphatic heterocycles.